The number of likely N-dealkylation sites (N-methyl/N-ethyl adjacent to an activating group) is 1. The SMILES string of the molecule is CN1C(=O)NC(=O)C2C1N=C(N1CCCCCC1)N2CCC#N. The second kappa shape index (κ2) is 6.44. The van der Waals surface area contributed by atoms with Gasteiger partial charge in [0, 0.05) is 26.7 Å². The van der Waals surface area contributed by atoms with Crippen LogP contribution in [-0.4, -0.2) is 71.5 Å². The molecule has 0 bridgehead atoms. The molecule has 8 heteroatoms. The summed E-state index contributed by atoms with van der Waals surface area (Å²) in [7, 11) is 1.65. The molecule has 0 aromatic rings. The summed E-state index contributed by atoms with van der Waals surface area (Å²) in [5.74, 6) is 0.429. The molecule has 0 saturated carbocycles. The van der Waals surface area contributed by atoms with E-state index in [0.29, 0.717) is 13.0 Å². The molecule has 3 amide bonds. The zero-order chi connectivity index (χ0) is 16.4. The lowest BCUT2D eigenvalue weighted by atomic mass is 10.1. The van der Waals surface area contributed by atoms with Crippen molar-refractivity contribution >= 4 is 17.9 Å². The molecule has 0 aromatic heterocycles. The van der Waals surface area contributed by atoms with Crippen molar-refractivity contribution in [3.63, 3.8) is 0 Å². The minimum Gasteiger partial charge on any atom is -0.343 e. The Morgan fingerprint density at radius 1 is 1.26 bits per heavy atom. The zero-order valence-electron chi connectivity index (χ0n) is 13.4. The quantitative estimate of drug-likeness (QED) is 0.792. The maximum atomic E-state index is 12.3. The van der Waals surface area contributed by atoms with Crippen molar-refractivity contribution in [3.05, 3.63) is 0 Å². The Bertz CT molecular complexity index is 561. The lowest BCUT2D eigenvalue weighted by molar-refractivity contribution is -0.127. The van der Waals surface area contributed by atoms with E-state index in [9.17, 15) is 9.59 Å². The van der Waals surface area contributed by atoms with E-state index in [1.807, 2.05) is 4.90 Å². The number of carbonyl (C=O) groups is 2. The summed E-state index contributed by atoms with van der Waals surface area (Å²) >= 11 is 0. The van der Waals surface area contributed by atoms with Gasteiger partial charge in [-0.2, -0.15) is 5.26 Å². The number of guanidine groups is 1. The van der Waals surface area contributed by atoms with Gasteiger partial charge < -0.3 is 14.7 Å². The number of urea groups is 1. The Balaban J connectivity index is 1.89. The van der Waals surface area contributed by atoms with Crippen molar-refractivity contribution in [2.75, 3.05) is 26.7 Å². The topological polar surface area (TPSA) is 92.0 Å². The molecule has 3 aliphatic rings. The largest absolute Gasteiger partial charge is 0.343 e. The maximum Gasteiger partial charge on any atom is 0.325 e. The van der Waals surface area contributed by atoms with E-state index < -0.39 is 18.2 Å². The first-order valence-corrected chi connectivity index (χ1v) is 8.17. The highest BCUT2D eigenvalue weighted by Crippen LogP contribution is 2.26. The van der Waals surface area contributed by atoms with Crippen LogP contribution in [0.25, 0.3) is 0 Å². The summed E-state index contributed by atoms with van der Waals surface area (Å²) in [5, 5.41) is 11.3. The molecule has 124 valence electrons. The summed E-state index contributed by atoms with van der Waals surface area (Å²) in [6, 6.07) is 1.18. The van der Waals surface area contributed by atoms with Gasteiger partial charge in [0.2, 0.25) is 0 Å². The van der Waals surface area contributed by atoms with Gasteiger partial charge in [-0.05, 0) is 12.8 Å². The molecule has 3 aliphatic heterocycles. The monoisotopic (exact) mass is 318 g/mol. The van der Waals surface area contributed by atoms with E-state index in [-0.39, 0.29) is 5.91 Å². The molecule has 8 nitrogen and oxygen atoms in total. The third-order valence-electron chi connectivity index (χ3n) is 4.69. The molecular weight excluding hydrogens is 296 g/mol. The number of likely N-dealkylation sites (tertiary alicyclic amines) is 1. The van der Waals surface area contributed by atoms with Crippen molar-refractivity contribution in [2.45, 2.75) is 44.3 Å². The molecule has 2 atom stereocenters. The maximum absolute atomic E-state index is 12.3. The minimum atomic E-state index is -0.538. The molecular formula is C15H22N6O2. The van der Waals surface area contributed by atoms with Crippen LogP contribution >= 0.6 is 0 Å². The molecule has 3 heterocycles. The summed E-state index contributed by atoms with van der Waals surface area (Å²) in [6.45, 7) is 2.25. The molecule has 0 aliphatic carbocycles. The van der Waals surface area contributed by atoms with Crippen molar-refractivity contribution in [3.8, 4) is 6.07 Å². The third kappa shape index (κ3) is 2.83. The predicted octanol–water partition coefficient (Wildman–Crippen LogP) is 0.324. The van der Waals surface area contributed by atoms with Gasteiger partial charge in [-0.1, -0.05) is 12.8 Å². The fourth-order valence-electron chi connectivity index (χ4n) is 3.45. The summed E-state index contributed by atoms with van der Waals surface area (Å²) < 4.78 is 0. The highest BCUT2D eigenvalue weighted by atomic mass is 16.2. The molecule has 2 saturated heterocycles. The van der Waals surface area contributed by atoms with E-state index in [2.05, 4.69) is 16.3 Å². The van der Waals surface area contributed by atoms with Crippen LogP contribution in [0.15, 0.2) is 4.99 Å². The normalized spacial score (nSPS) is 28.0. The summed E-state index contributed by atoms with van der Waals surface area (Å²) in [6.07, 6.45) is 4.42. The van der Waals surface area contributed by atoms with E-state index >= 15 is 0 Å². The molecule has 0 aromatic carbocycles. The minimum absolute atomic E-state index is 0.320. The van der Waals surface area contributed by atoms with Gasteiger partial charge in [-0.3, -0.25) is 10.1 Å². The van der Waals surface area contributed by atoms with Crippen molar-refractivity contribution in [2.24, 2.45) is 4.99 Å². The number of carbonyl (C=O) groups excluding carboxylic acids is 2. The second-order valence-corrected chi connectivity index (χ2v) is 6.20. The van der Waals surface area contributed by atoms with Gasteiger partial charge in [0.1, 0.15) is 0 Å². The van der Waals surface area contributed by atoms with Crippen LogP contribution in [0.3, 0.4) is 0 Å². The van der Waals surface area contributed by atoms with Crippen LogP contribution in [0.5, 0.6) is 0 Å². The number of aliphatic imine (C=N–C) groups is 1. The molecule has 23 heavy (non-hydrogen) atoms. The van der Waals surface area contributed by atoms with Crippen molar-refractivity contribution in [1.82, 2.24) is 20.0 Å². The predicted molar refractivity (Wildman–Crippen MR) is 83.3 cm³/mol. The number of fused-ring (bicyclic) bond motifs is 1. The number of amides is 3. The average Bonchev–Trinajstić information content (AvgIpc) is 2.71. The Labute approximate surface area is 135 Å². The van der Waals surface area contributed by atoms with E-state index in [1.165, 1.54) is 17.7 Å². The summed E-state index contributed by atoms with van der Waals surface area (Å²) in [5.41, 5.74) is 0. The van der Waals surface area contributed by atoms with Gasteiger partial charge in [-0.25, -0.2) is 9.79 Å². The van der Waals surface area contributed by atoms with E-state index in [0.717, 1.165) is 31.9 Å². The van der Waals surface area contributed by atoms with Crippen LogP contribution < -0.4 is 5.32 Å². The van der Waals surface area contributed by atoms with Gasteiger partial charge in [0.15, 0.2) is 18.2 Å². The molecule has 2 fully saturated rings. The first kappa shape index (κ1) is 15.6. The molecule has 3 rings (SSSR count). The first-order chi connectivity index (χ1) is 11.1. The van der Waals surface area contributed by atoms with Crippen LogP contribution in [0.2, 0.25) is 0 Å². The van der Waals surface area contributed by atoms with Crippen LogP contribution in [0, 0.1) is 11.3 Å². The summed E-state index contributed by atoms with van der Waals surface area (Å²) in [4.78, 5) is 34.4. The number of hydrogen-bond donors (Lipinski definition) is 1. The highest BCUT2D eigenvalue weighted by molar-refractivity contribution is 6.03. The van der Waals surface area contributed by atoms with Crippen LogP contribution in [-0.2, 0) is 4.79 Å². The van der Waals surface area contributed by atoms with Crippen molar-refractivity contribution in [1.29, 1.82) is 5.26 Å². The number of rotatable bonds is 2. The average molecular weight is 318 g/mol. The van der Waals surface area contributed by atoms with Gasteiger partial charge >= 0.3 is 6.03 Å². The Morgan fingerprint density at radius 3 is 2.61 bits per heavy atom. The Morgan fingerprint density at radius 2 is 1.96 bits per heavy atom. The lowest BCUT2D eigenvalue weighted by Gasteiger charge is -2.37. The number of nitriles is 1. The third-order valence-corrected chi connectivity index (χ3v) is 4.69. The molecule has 1 N–H and O–H groups in total. The Kier molecular flexibility index (Phi) is 4.37. The number of nitrogens with zero attached hydrogens (tertiary/aromatic N) is 5. The van der Waals surface area contributed by atoms with Crippen LogP contribution in [0.1, 0.15) is 32.1 Å². The lowest BCUT2D eigenvalue weighted by Crippen LogP contribution is -2.64. The first-order valence-electron chi connectivity index (χ1n) is 8.17. The molecule has 0 radical (unpaired) electrons. The highest BCUT2D eigenvalue weighted by Gasteiger charge is 2.49. The van der Waals surface area contributed by atoms with Gasteiger partial charge in [0.05, 0.1) is 12.5 Å². The van der Waals surface area contributed by atoms with Crippen LogP contribution in [0.4, 0.5) is 4.79 Å². The van der Waals surface area contributed by atoms with Gasteiger partial charge in [-0.15, -0.1) is 0 Å². The van der Waals surface area contributed by atoms with Crippen molar-refractivity contribution < 1.29 is 9.59 Å². The fourth-order valence-corrected chi connectivity index (χ4v) is 3.45. The standard InChI is InChI=1S/C15H22N6O2/c1-19-12-11(13(22)18-15(19)23)21(10-6-7-16)14(17-12)20-8-4-2-3-5-9-20/h11-12H,2-6,8-10H2,1H3,(H,18,22,23). The smallest absolute Gasteiger partial charge is 0.325 e. The fraction of sp³-hybridized carbons (Fsp3) is 0.733. The Hall–Kier alpha value is -2.30. The molecule has 2 unspecified atom stereocenters. The molecule has 0 spiro atoms. The number of nitrogens with one attached hydrogen (secondary N) is 1. The van der Waals surface area contributed by atoms with Gasteiger partial charge in [0.25, 0.3) is 5.91 Å². The van der Waals surface area contributed by atoms with E-state index in [4.69, 9.17) is 10.3 Å². The van der Waals surface area contributed by atoms with E-state index in [1.54, 1.807) is 7.05 Å². The zero-order valence-corrected chi connectivity index (χ0v) is 13.4. The number of hydrogen-bond acceptors (Lipinski definition) is 6. The number of imide groups is 1. The second-order valence-electron chi connectivity index (χ2n) is 6.20.